The normalized spacial score (nSPS) is 9.50. The molecule has 1 rings (SSSR count). The van der Waals surface area contributed by atoms with E-state index in [0.29, 0.717) is 17.9 Å². The van der Waals surface area contributed by atoms with Gasteiger partial charge in [0.05, 0.1) is 12.8 Å². The third kappa shape index (κ3) is 2.05. The van der Waals surface area contributed by atoms with Crippen LogP contribution in [-0.2, 0) is 0 Å². The van der Waals surface area contributed by atoms with Crippen LogP contribution in [0.3, 0.4) is 0 Å². The molecule has 0 amide bonds. The van der Waals surface area contributed by atoms with Gasteiger partial charge in [-0.2, -0.15) is 0 Å². The molecule has 3 heteroatoms. The molecule has 1 aromatic heterocycles. The first-order valence-corrected chi connectivity index (χ1v) is 3.83. The first kappa shape index (κ1) is 8.71. The molecule has 0 saturated heterocycles. The summed E-state index contributed by atoms with van der Waals surface area (Å²) in [5.41, 5.74) is 0.584. The lowest BCUT2D eigenvalue weighted by Gasteiger charge is -2.02. The minimum absolute atomic E-state index is 0.00375. The van der Waals surface area contributed by atoms with E-state index in [1.807, 2.05) is 6.92 Å². The number of aromatic nitrogens is 1. The predicted molar refractivity (Wildman–Crippen MR) is 45.4 cm³/mol. The van der Waals surface area contributed by atoms with E-state index in [2.05, 4.69) is 4.98 Å². The van der Waals surface area contributed by atoms with E-state index in [9.17, 15) is 4.79 Å². The van der Waals surface area contributed by atoms with Gasteiger partial charge >= 0.3 is 0 Å². The van der Waals surface area contributed by atoms with Crippen LogP contribution in [0.5, 0.6) is 5.75 Å². The van der Waals surface area contributed by atoms with E-state index in [-0.39, 0.29) is 5.78 Å². The van der Waals surface area contributed by atoms with Gasteiger partial charge in [-0.25, -0.2) is 0 Å². The van der Waals surface area contributed by atoms with Gasteiger partial charge in [-0.3, -0.25) is 9.78 Å². The third-order valence-corrected chi connectivity index (χ3v) is 1.43. The van der Waals surface area contributed by atoms with Crippen LogP contribution in [-0.4, -0.2) is 17.4 Å². The van der Waals surface area contributed by atoms with Gasteiger partial charge in [0.15, 0.2) is 5.78 Å². The Morgan fingerprint density at radius 3 is 2.92 bits per heavy atom. The summed E-state index contributed by atoms with van der Waals surface area (Å²) in [5, 5.41) is 0. The number of nitrogens with zero attached hydrogens (tertiary/aromatic N) is 1. The highest BCUT2D eigenvalue weighted by atomic mass is 16.5. The molecule has 12 heavy (non-hydrogen) atoms. The predicted octanol–water partition coefficient (Wildman–Crippen LogP) is 1.68. The number of carbonyl (C=O) groups excluding carboxylic acids is 1. The lowest BCUT2D eigenvalue weighted by Crippen LogP contribution is -1.96. The van der Waals surface area contributed by atoms with E-state index < -0.39 is 0 Å². The van der Waals surface area contributed by atoms with Crippen molar-refractivity contribution in [2.24, 2.45) is 0 Å². The summed E-state index contributed by atoms with van der Waals surface area (Å²) >= 11 is 0. The minimum atomic E-state index is 0.00375. The van der Waals surface area contributed by atoms with E-state index >= 15 is 0 Å². The zero-order valence-corrected chi connectivity index (χ0v) is 7.20. The van der Waals surface area contributed by atoms with E-state index in [0.717, 1.165) is 0 Å². The Balaban J connectivity index is 2.88. The van der Waals surface area contributed by atoms with Crippen LogP contribution in [0.15, 0.2) is 18.5 Å². The van der Waals surface area contributed by atoms with Crippen LogP contribution in [0.4, 0.5) is 0 Å². The van der Waals surface area contributed by atoms with Crippen LogP contribution in [0, 0.1) is 0 Å². The Hall–Kier alpha value is -1.38. The maximum atomic E-state index is 10.9. The molecule has 0 saturated carbocycles. The molecule has 0 aliphatic rings. The molecule has 0 spiro atoms. The van der Waals surface area contributed by atoms with Crippen molar-refractivity contribution in [3.8, 4) is 5.75 Å². The molecule has 0 N–H and O–H groups in total. The summed E-state index contributed by atoms with van der Waals surface area (Å²) in [6.07, 6.45) is 3.13. The number of hydrogen-bond acceptors (Lipinski definition) is 3. The molecule has 1 aromatic rings. The minimum Gasteiger partial charge on any atom is -0.492 e. The Bertz CT molecular complexity index is 284. The molecule has 0 atom stereocenters. The molecule has 0 aliphatic carbocycles. The van der Waals surface area contributed by atoms with Crippen molar-refractivity contribution in [1.82, 2.24) is 4.98 Å². The van der Waals surface area contributed by atoms with Crippen LogP contribution in [0.25, 0.3) is 0 Å². The van der Waals surface area contributed by atoms with Crippen molar-refractivity contribution in [3.05, 3.63) is 24.0 Å². The standard InChI is InChI=1S/C9H11NO2/c1-3-12-9-4-8(7(2)11)5-10-6-9/h4-6H,3H2,1-2H3. The van der Waals surface area contributed by atoms with Crippen molar-refractivity contribution < 1.29 is 9.53 Å². The number of rotatable bonds is 3. The number of carbonyl (C=O) groups is 1. The van der Waals surface area contributed by atoms with Crippen molar-refractivity contribution in [1.29, 1.82) is 0 Å². The maximum Gasteiger partial charge on any atom is 0.161 e. The Labute approximate surface area is 71.4 Å². The zero-order valence-electron chi connectivity index (χ0n) is 7.20. The molecule has 0 radical (unpaired) electrons. The second kappa shape index (κ2) is 3.85. The summed E-state index contributed by atoms with van der Waals surface area (Å²) < 4.78 is 5.18. The van der Waals surface area contributed by atoms with Crippen molar-refractivity contribution >= 4 is 5.78 Å². The second-order valence-corrected chi connectivity index (χ2v) is 2.40. The smallest absolute Gasteiger partial charge is 0.161 e. The Morgan fingerprint density at radius 2 is 2.33 bits per heavy atom. The highest BCUT2D eigenvalue weighted by Crippen LogP contribution is 2.10. The topological polar surface area (TPSA) is 39.2 Å². The first-order valence-electron chi connectivity index (χ1n) is 3.83. The highest BCUT2D eigenvalue weighted by molar-refractivity contribution is 5.94. The number of Topliss-reactive ketones (excluding diaryl/α,β-unsaturated/α-hetero) is 1. The Morgan fingerprint density at radius 1 is 1.58 bits per heavy atom. The maximum absolute atomic E-state index is 10.9. The number of pyridine rings is 1. The number of ether oxygens (including phenoxy) is 1. The van der Waals surface area contributed by atoms with Crippen LogP contribution < -0.4 is 4.74 Å². The van der Waals surface area contributed by atoms with Gasteiger partial charge in [0.2, 0.25) is 0 Å². The fourth-order valence-corrected chi connectivity index (χ4v) is 0.857. The quantitative estimate of drug-likeness (QED) is 0.640. The summed E-state index contributed by atoms with van der Waals surface area (Å²) in [6, 6.07) is 1.69. The van der Waals surface area contributed by atoms with Gasteiger partial charge < -0.3 is 4.74 Å². The average Bonchev–Trinajstić information content (AvgIpc) is 2.05. The number of ketones is 1. The van der Waals surface area contributed by atoms with E-state index in [4.69, 9.17) is 4.74 Å². The van der Waals surface area contributed by atoms with Crippen LogP contribution >= 0.6 is 0 Å². The fourth-order valence-electron chi connectivity index (χ4n) is 0.857. The van der Waals surface area contributed by atoms with Crippen LogP contribution in [0.2, 0.25) is 0 Å². The fraction of sp³-hybridized carbons (Fsp3) is 0.333. The molecule has 0 aromatic carbocycles. The van der Waals surface area contributed by atoms with Gasteiger partial charge in [0.1, 0.15) is 5.75 Å². The zero-order chi connectivity index (χ0) is 8.97. The van der Waals surface area contributed by atoms with Gasteiger partial charge in [0, 0.05) is 11.8 Å². The van der Waals surface area contributed by atoms with Gasteiger partial charge in [-0.1, -0.05) is 0 Å². The lowest BCUT2D eigenvalue weighted by molar-refractivity contribution is 0.101. The largest absolute Gasteiger partial charge is 0.492 e. The molecule has 1 heterocycles. The molecular weight excluding hydrogens is 154 g/mol. The SMILES string of the molecule is CCOc1cncc(C(C)=O)c1. The molecule has 0 aliphatic heterocycles. The van der Waals surface area contributed by atoms with Gasteiger partial charge in [-0.05, 0) is 19.9 Å². The lowest BCUT2D eigenvalue weighted by atomic mass is 10.2. The van der Waals surface area contributed by atoms with Crippen LogP contribution in [0.1, 0.15) is 24.2 Å². The molecule has 0 bridgehead atoms. The molecule has 3 nitrogen and oxygen atoms in total. The summed E-state index contributed by atoms with van der Waals surface area (Å²) in [5.74, 6) is 0.647. The second-order valence-electron chi connectivity index (χ2n) is 2.40. The van der Waals surface area contributed by atoms with E-state index in [1.165, 1.54) is 13.1 Å². The van der Waals surface area contributed by atoms with Crippen molar-refractivity contribution in [2.75, 3.05) is 6.61 Å². The van der Waals surface area contributed by atoms with Gasteiger partial charge in [0.25, 0.3) is 0 Å². The first-order chi connectivity index (χ1) is 5.74. The van der Waals surface area contributed by atoms with Gasteiger partial charge in [-0.15, -0.1) is 0 Å². The monoisotopic (exact) mass is 165 g/mol. The van der Waals surface area contributed by atoms with Crippen molar-refractivity contribution in [3.63, 3.8) is 0 Å². The summed E-state index contributed by atoms with van der Waals surface area (Å²) in [4.78, 5) is 14.8. The number of hydrogen-bond donors (Lipinski definition) is 0. The molecule has 0 unspecified atom stereocenters. The Kier molecular flexibility index (Phi) is 2.80. The average molecular weight is 165 g/mol. The molecule has 0 fully saturated rings. The van der Waals surface area contributed by atoms with E-state index in [1.54, 1.807) is 12.3 Å². The van der Waals surface area contributed by atoms with Crippen molar-refractivity contribution in [2.45, 2.75) is 13.8 Å². The summed E-state index contributed by atoms with van der Waals surface area (Å²) in [7, 11) is 0. The molecular formula is C9H11NO2. The highest BCUT2D eigenvalue weighted by Gasteiger charge is 2.00. The molecule has 64 valence electrons. The summed E-state index contributed by atoms with van der Waals surface area (Å²) in [6.45, 7) is 3.98. The third-order valence-electron chi connectivity index (χ3n) is 1.43.